The Morgan fingerprint density at radius 2 is 2.33 bits per heavy atom. The van der Waals surface area contributed by atoms with Crippen LogP contribution >= 0.6 is 0 Å². The second-order valence-electron chi connectivity index (χ2n) is 4.84. The van der Waals surface area contributed by atoms with Crippen molar-refractivity contribution in [2.45, 2.75) is 19.5 Å². The highest BCUT2D eigenvalue weighted by molar-refractivity contribution is 5.03. The maximum Gasteiger partial charge on any atom is 0.0623 e. The molecule has 0 radical (unpaired) electrons. The van der Waals surface area contributed by atoms with Gasteiger partial charge in [-0.25, -0.2) is 0 Å². The Kier molecular flexibility index (Phi) is 5.11. The van der Waals surface area contributed by atoms with E-state index in [-0.39, 0.29) is 0 Å². The molecule has 2 rings (SSSR count). The molecular formula is C14H23N3O. The Morgan fingerprint density at radius 3 is 3.00 bits per heavy atom. The predicted molar refractivity (Wildman–Crippen MR) is 72.3 cm³/mol. The molecule has 0 saturated carbocycles. The minimum absolute atomic E-state index is 0.489. The Morgan fingerprint density at radius 1 is 1.44 bits per heavy atom. The monoisotopic (exact) mass is 249 g/mol. The van der Waals surface area contributed by atoms with E-state index >= 15 is 0 Å². The van der Waals surface area contributed by atoms with Gasteiger partial charge in [-0.1, -0.05) is 13.0 Å². The highest BCUT2D eigenvalue weighted by Gasteiger charge is 2.28. The van der Waals surface area contributed by atoms with E-state index in [0.717, 1.165) is 38.5 Å². The van der Waals surface area contributed by atoms with Crippen LogP contribution in [-0.2, 0) is 11.3 Å². The molecule has 1 saturated heterocycles. The molecule has 1 N–H and O–H groups in total. The second-order valence-corrected chi connectivity index (χ2v) is 4.84. The third-order valence-corrected chi connectivity index (χ3v) is 3.62. The summed E-state index contributed by atoms with van der Waals surface area (Å²) in [5.74, 6) is 0.582. The number of hydrogen-bond donors (Lipinski definition) is 1. The molecule has 100 valence electrons. The van der Waals surface area contributed by atoms with Crippen molar-refractivity contribution in [3.63, 3.8) is 0 Å². The Bertz CT molecular complexity index is 344. The number of rotatable bonds is 6. The highest BCUT2D eigenvalue weighted by atomic mass is 16.5. The molecule has 0 amide bonds. The molecule has 0 aromatic carbocycles. The smallest absolute Gasteiger partial charge is 0.0623 e. The fraction of sp³-hybridized carbons (Fsp3) is 0.643. The summed E-state index contributed by atoms with van der Waals surface area (Å²) < 4.78 is 5.55. The molecule has 4 heteroatoms. The van der Waals surface area contributed by atoms with Crippen LogP contribution in [0, 0.1) is 5.92 Å². The number of aromatic nitrogens is 1. The summed E-state index contributed by atoms with van der Waals surface area (Å²) in [5, 5.41) is 3.34. The first-order valence-corrected chi connectivity index (χ1v) is 6.70. The molecule has 0 aliphatic carbocycles. The van der Waals surface area contributed by atoms with Crippen molar-refractivity contribution in [1.82, 2.24) is 15.2 Å². The lowest BCUT2D eigenvalue weighted by molar-refractivity contribution is 0.166. The summed E-state index contributed by atoms with van der Waals surface area (Å²) in [5.41, 5.74) is 1.14. The number of likely N-dealkylation sites (N-methyl/N-ethyl adjacent to an activating group) is 1. The topological polar surface area (TPSA) is 37.4 Å². The zero-order valence-electron chi connectivity index (χ0n) is 11.3. The first kappa shape index (κ1) is 13.5. The highest BCUT2D eigenvalue weighted by Crippen LogP contribution is 2.16. The third kappa shape index (κ3) is 3.51. The molecule has 1 fully saturated rings. The lowest BCUT2D eigenvalue weighted by Crippen LogP contribution is -2.40. The molecule has 18 heavy (non-hydrogen) atoms. The van der Waals surface area contributed by atoms with Crippen LogP contribution in [0.2, 0.25) is 0 Å². The molecule has 1 aromatic heterocycles. The van der Waals surface area contributed by atoms with Crippen molar-refractivity contribution < 1.29 is 4.74 Å². The number of nitrogens with one attached hydrogen (secondary N) is 1. The largest absolute Gasteiger partial charge is 0.379 e. The molecule has 1 aliphatic rings. The predicted octanol–water partition coefficient (Wildman–Crippen LogP) is 1.14. The van der Waals surface area contributed by atoms with Gasteiger partial charge in [-0.2, -0.15) is 0 Å². The van der Waals surface area contributed by atoms with Gasteiger partial charge in [0.2, 0.25) is 0 Å². The molecule has 1 aromatic rings. The van der Waals surface area contributed by atoms with E-state index in [1.807, 2.05) is 25.4 Å². The van der Waals surface area contributed by atoms with E-state index in [1.165, 1.54) is 0 Å². The first-order chi connectivity index (χ1) is 8.83. The van der Waals surface area contributed by atoms with Crippen LogP contribution in [0.15, 0.2) is 24.4 Å². The quantitative estimate of drug-likeness (QED) is 0.820. The Hall–Kier alpha value is -0.970. The van der Waals surface area contributed by atoms with Crippen LogP contribution in [0.25, 0.3) is 0 Å². The molecule has 0 bridgehead atoms. The van der Waals surface area contributed by atoms with E-state index in [4.69, 9.17) is 4.74 Å². The van der Waals surface area contributed by atoms with Crippen molar-refractivity contribution >= 4 is 0 Å². The summed E-state index contributed by atoms with van der Waals surface area (Å²) in [6.07, 6.45) is 1.86. The van der Waals surface area contributed by atoms with Gasteiger partial charge in [0.1, 0.15) is 0 Å². The van der Waals surface area contributed by atoms with Gasteiger partial charge in [0.25, 0.3) is 0 Å². The molecular weight excluding hydrogens is 226 g/mol. The fourth-order valence-electron chi connectivity index (χ4n) is 2.46. The maximum atomic E-state index is 5.55. The average molecular weight is 249 g/mol. The summed E-state index contributed by atoms with van der Waals surface area (Å²) in [7, 11) is 2.02. The molecule has 2 heterocycles. The van der Waals surface area contributed by atoms with Gasteiger partial charge in [0.15, 0.2) is 0 Å². The maximum absolute atomic E-state index is 5.55. The van der Waals surface area contributed by atoms with E-state index in [0.29, 0.717) is 12.0 Å². The number of nitrogens with zero attached hydrogens (tertiary/aromatic N) is 2. The van der Waals surface area contributed by atoms with Gasteiger partial charge in [0, 0.05) is 31.2 Å². The van der Waals surface area contributed by atoms with Gasteiger partial charge in [-0.05, 0) is 25.7 Å². The van der Waals surface area contributed by atoms with Gasteiger partial charge in [-0.3, -0.25) is 9.88 Å². The first-order valence-electron chi connectivity index (χ1n) is 6.70. The van der Waals surface area contributed by atoms with Crippen molar-refractivity contribution in [1.29, 1.82) is 0 Å². The van der Waals surface area contributed by atoms with E-state index in [1.54, 1.807) is 0 Å². The zero-order valence-corrected chi connectivity index (χ0v) is 11.3. The standard InChI is InChI=1S/C14H23N3O/c1-3-17(9-13-6-4-5-7-16-13)8-12-10-18-11-14(12)15-2/h4-7,12,14-15H,3,8-11H2,1-2H3. The number of ether oxygens (including phenoxy) is 1. The van der Waals surface area contributed by atoms with Crippen LogP contribution in [0.1, 0.15) is 12.6 Å². The molecule has 2 unspecified atom stereocenters. The van der Waals surface area contributed by atoms with Gasteiger partial charge < -0.3 is 10.1 Å². The van der Waals surface area contributed by atoms with Crippen molar-refractivity contribution in [2.24, 2.45) is 5.92 Å². The number of hydrogen-bond acceptors (Lipinski definition) is 4. The summed E-state index contributed by atoms with van der Waals surface area (Å²) in [6.45, 7) is 6.94. The number of pyridine rings is 1. The summed E-state index contributed by atoms with van der Waals surface area (Å²) in [6, 6.07) is 6.58. The fourth-order valence-corrected chi connectivity index (χ4v) is 2.46. The van der Waals surface area contributed by atoms with Gasteiger partial charge >= 0.3 is 0 Å². The summed E-state index contributed by atoms with van der Waals surface area (Å²) in [4.78, 5) is 6.83. The van der Waals surface area contributed by atoms with Crippen LogP contribution in [0.4, 0.5) is 0 Å². The van der Waals surface area contributed by atoms with Gasteiger partial charge in [0.05, 0.1) is 18.9 Å². The molecule has 1 aliphatic heterocycles. The van der Waals surface area contributed by atoms with E-state index < -0.39 is 0 Å². The molecule has 4 nitrogen and oxygen atoms in total. The van der Waals surface area contributed by atoms with Crippen LogP contribution < -0.4 is 5.32 Å². The van der Waals surface area contributed by atoms with Crippen molar-refractivity contribution in [3.8, 4) is 0 Å². The van der Waals surface area contributed by atoms with Crippen molar-refractivity contribution in [2.75, 3.05) is 33.4 Å². The molecule has 2 atom stereocenters. The second kappa shape index (κ2) is 6.83. The van der Waals surface area contributed by atoms with Crippen LogP contribution in [0.3, 0.4) is 0 Å². The Labute approximate surface area is 109 Å². The minimum atomic E-state index is 0.489. The SMILES string of the molecule is CCN(Cc1ccccn1)CC1COCC1NC. The van der Waals surface area contributed by atoms with Crippen LogP contribution in [0.5, 0.6) is 0 Å². The lowest BCUT2D eigenvalue weighted by Gasteiger charge is -2.26. The average Bonchev–Trinajstić information content (AvgIpc) is 2.86. The lowest BCUT2D eigenvalue weighted by atomic mass is 10.0. The van der Waals surface area contributed by atoms with Crippen molar-refractivity contribution in [3.05, 3.63) is 30.1 Å². The van der Waals surface area contributed by atoms with E-state index in [9.17, 15) is 0 Å². The minimum Gasteiger partial charge on any atom is -0.379 e. The van der Waals surface area contributed by atoms with Gasteiger partial charge in [-0.15, -0.1) is 0 Å². The normalized spacial score (nSPS) is 23.7. The zero-order chi connectivity index (χ0) is 12.8. The third-order valence-electron chi connectivity index (χ3n) is 3.62. The summed E-state index contributed by atoms with van der Waals surface area (Å²) >= 11 is 0. The molecule has 0 spiro atoms. The van der Waals surface area contributed by atoms with E-state index in [2.05, 4.69) is 28.2 Å². The van der Waals surface area contributed by atoms with Crippen LogP contribution in [-0.4, -0.2) is 49.3 Å². The Balaban J connectivity index is 1.89.